The standard InChI is InChI=1S/2C7H10O2.Fe/c2*8-7(9)6-4-2-1-3-5-6;/h2*1-2,6H,3-5H2,(H,8,9);. The Morgan fingerprint density at radius 1 is 0.789 bits per heavy atom. The number of carboxylic acids is 2. The average molecular weight is 308 g/mol. The molecule has 0 aromatic heterocycles. The van der Waals surface area contributed by atoms with Gasteiger partial charge >= 0.3 is 11.9 Å². The van der Waals surface area contributed by atoms with E-state index in [9.17, 15) is 9.59 Å². The minimum Gasteiger partial charge on any atom is -0.481 e. The van der Waals surface area contributed by atoms with E-state index >= 15 is 0 Å². The molecule has 0 amide bonds. The number of rotatable bonds is 2. The zero-order valence-electron chi connectivity index (χ0n) is 10.8. The molecule has 0 fully saturated rings. The molecule has 0 saturated carbocycles. The van der Waals surface area contributed by atoms with Crippen molar-refractivity contribution in [3.05, 3.63) is 24.3 Å². The van der Waals surface area contributed by atoms with E-state index in [0.717, 1.165) is 38.5 Å². The third-order valence-corrected chi connectivity index (χ3v) is 3.24. The second kappa shape index (κ2) is 9.82. The fourth-order valence-corrected chi connectivity index (χ4v) is 2.04. The molecule has 2 aliphatic carbocycles. The molecule has 2 rings (SSSR count). The van der Waals surface area contributed by atoms with Crippen LogP contribution < -0.4 is 0 Å². The first-order valence-electron chi connectivity index (χ1n) is 6.37. The van der Waals surface area contributed by atoms with Gasteiger partial charge in [-0.2, -0.15) is 0 Å². The monoisotopic (exact) mass is 308 g/mol. The molecule has 5 heteroatoms. The molecule has 2 atom stereocenters. The summed E-state index contributed by atoms with van der Waals surface area (Å²) in [7, 11) is 0. The summed E-state index contributed by atoms with van der Waals surface area (Å²) in [6.45, 7) is 0. The predicted molar refractivity (Wildman–Crippen MR) is 68.2 cm³/mol. The predicted octanol–water partition coefficient (Wildman–Crippen LogP) is 2.85. The molecule has 108 valence electrons. The molecule has 0 aromatic carbocycles. The van der Waals surface area contributed by atoms with Gasteiger partial charge in [-0.25, -0.2) is 0 Å². The Morgan fingerprint density at radius 2 is 1.16 bits per heavy atom. The smallest absolute Gasteiger partial charge is 0.306 e. The molecule has 0 bridgehead atoms. The normalized spacial score (nSPS) is 24.6. The second-order valence-corrected chi connectivity index (χ2v) is 4.64. The summed E-state index contributed by atoms with van der Waals surface area (Å²) in [6.07, 6.45) is 12.9. The van der Waals surface area contributed by atoms with E-state index in [1.165, 1.54) is 0 Å². The van der Waals surface area contributed by atoms with E-state index < -0.39 is 11.9 Å². The van der Waals surface area contributed by atoms with E-state index in [0.29, 0.717) is 0 Å². The number of hydrogen-bond donors (Lipinski definition) is 2. The Labute approximate surface area is 124 Å². The van der Waals surface area contributed by atoms with Gasteiger partial charge in [0.1, 0.15) is 0 Å². The first-order valence-corrected chi connectivity index (χ1v) is 6.37. The van der Waals surface area contributed by atoms with E-state index in [-0.39, 0.29) is 28.9 Å². The SMILES string of the molecule is O=C(O)C1CC=CCC1.O=C(O)C1CC=CCC1.[Fe]. The summed E-state index contributed by atoms with van der Waals surface area (Å²) in [6, 6.07) is 0. The van der Waals surface area contributed by atoms with Crippen molar-refractivity contribution in [1.29, 1.82) is 0 Å². The first-order chi connectivity index (χ1) is 8.61. The van der Waals surface area contributed by atoms with Gasteiger partial charge in [-0.3, -0.25) is 9.59 Å². The molecule has 0 saturated heterocycles. The average Bonchev–Trinajstić information content (AvgIpc) is 2.41. The van der Waals surface area contributed by atoms with Gasteiger partial charge in [0, 0.05) is 17.1 Å². The topological polar surface area (TPSA) is 74.6 Å². The summed E-state index contributed by atoms with van der Waals surface area (Å²) in [5.41, 5.74) is 0. The molecule has 0 spiro atoms. The number of aliphatic carboxylic acids is 2. The van der Waals surface area contributed by atoms with Crippen LogP contribution in [0.1, 0.15) is 38.5 Å². The van der Waals surface area contributed by atoms with Crippen LogP contribution in [0.3, 0.4) is 0 Å². The minimum atomic E-state index is -0.653. The molecule has 0 aliphatic heterocycles. The molecule has 2 aliphatic rings. The summed E-state index contributed by atoms with van der Waals surface area (Å²) >= 11 is 0. The molecular weight excluding hydrogens is 288 g/mol. The molecule has 2 N–H and O–H groups in total. The number of carbonyl (C=O) groups is 2. The van der Waals surface area contributed by atoms with Crippen LogP contribution in [0.4, 0.5) is 0 Å². The molecule has 2 unspecified atom stereocenters. The van der Waals surface area contributed by atoms with Crippen LogP contribution in [-0.2, 0) is 26.7 Å². The number of allylic oxidation sites excluding steroid dienone is 4. The molecular formula is C14H20FeO4. The van der Waals surface area contributed by atoms with Crippen molar-refractivity contribution < 1.29 is 36.9 Å². The van der Waals surface area contributed by atoms with Gasteiger partial charge in [-0.15, -0.1) is 0 Å². The second-order valence-electron chi connectivity index (χ2n) is 4.64. The maximum absolute atomic E-state index is 10.3. The van der Waals surface area contributed by atoms with E-state index in [4.69, 9.17) is 10.2 Å². The largest absolute Gasteiger partial charge is 0.481 e. The summed E-state index contributed by atoms with van der Waals surface area (Å²) in [5.74, 6) is -1.54. The maximum atomic E-state index is 10.3. The van der Waals surface area contributed by atoms with Crippen LogP contribution >= 0.6 is 0 Å². The number of carboxylic acid groups (broad SMARTS) is 2. The van der Waals surface area contributed by atoms with Crippen molar-refractivity contribution in [1.82, 2.24) is 0 Å². The van der Waals surface area contributed by atoms with Gasteiger partial charge in [0.05, 0.1) is 11.8 Å². The van der Waals surface area contributed by atoms with Crippen LogP contribution in [-0.4, -0.2) is 22.2 Å². The Hall–Kier alpha value is -1.06. The van der Waals surface area contributed by atoms with Crippen LogP contribution in [0.25, 0.3) is 0 Å². The third-order valence-electron chi connectivity index (χ3n) is 3.24. The minimum absolute atomic E-state index is 0. The Bertz CT molecular complexity index is 315. The van der Waals surface area contributed by atoms with Gasteiger partial charge < -0.3 is 10.2 Å². The maximum Gasteiger partial charge on any atom is 0.306 e. The zero-order chi connectivity index (χ0) is 13.4. The summed E-state index contributed by atoms with van der Waals surface area (Å²) in [5, 5.41) is 17.0. The van der Waals surface area contributed by atoms with Gasteiger partial charge in [0.15, 0.2) is 0 Å². The molecule has 0 heterocycles. The molecule has 19 heavy (non-hydrogen) atoms. The summed E-state index contributed by atoms with van der Waals surface area (Å²) in [4.78, 5) is 20.6. The van der Waals surface area contributed by atoms with Crippen molar-refractivity contribution in [3.63, 3.8) is 0 Å². The molecule has 4 nitrogen and oxygen atoms in total. The molecule has 0 radical (unpaired) electrons. The van der Waals surface area contributed by atoms with Gasteiger partial charge in [0.2, 0.25) is 0 Å². The van der Waals surface area contributed by atoms with E-state index in [2.05, 4.69) is 0 Å². The van der Waals surface area contributed by atoms with Crippen molar-refractivity contribution in [2.75, 3.05) is 0 Å². The Morgan fingerprint density at radius 3 is 1.32 bits per heavy atom. The number of hydrogen-bond acceptors (Lipinski definition) is 2. The van der Waals surface area contributed by atoms with Crippen LogP contribution in [0.2, 0.25) is 0 Å². The fourth-order valence-electron chi connectivity index (χ4n) is 2.04. The van der Waals surface area contributed by atoms with Gasteiger partial charge in [0.25, 0.3) is 0 Å². The van der Waals surface area contributed by atoms with Crippen molar-refractivity contribution in [2.45, 2.75) is 38.5 Å². The van der Waals surface area contributed by atoms with E-state index in [1.807, 2.05) is 24.3 Å². The first kappa shape index (κ1) is 17.9. The van der Waals surface area contributed by atoms with Crippen LogP contribution in [0.15, 0.2) is 24.3 Å². The Kier molecular flexibility index (Phi) is 9.27. The molecule has 0 aromatic rings. The Balaban J connectivity index is 0.000000324. The quantitative estimate of drug-likeness (QED) is 0.607. The van der Waals surface area contributed by atoms with Crippen LogP contribution in [0, 0.1) is 11.8 Å². The van der Waals surface area contributed by atoms with Crippen molar-refractivity contribution in [3.8, 4) is 0 Å². The van der Waals surface area contributed by atoms with Crippen LogP contribution in [0.5, 0.6) is 0 Å². The van der Waals surface area contributed by atoms with E-state index in [1.54, 1.807) is 0 Å². The third kappa shape index (κ3) is 7.18. The zero-order valence-corrected chi connectivity index (χ0v) is 11.9. The van der Waals surface area contributed by atoms with Crippen molar-refractivity contribution in [2.24, 2.45) is 11.8 Å². The summed E-state index contributed by atoms with van der Waals surface area (Å²) < 4.78 is 0. The fraction of sp³-hybridized carbons (Fsp3) is 0.571. The van der Waals surface area contributed by atoms with Crippen molar-refractivity contribution >= 4 is 11.9 Å². The van der Waals surface area contributed by atoms with Gasteiger partial charge in [-0.05, 0) is 38.5 Å². The van der Waals surface area contributed by atoms with Gasteiger partial charge in [-0.1, -0.05) is 24.3 Å².